The normalized spacial score (nSPS) is 18.2. The van der Waals surface area contributed by atoms with Crippen molar-refractivity contribution in [1.29, 1.82) is 0 Å². The van der Waals surface area contributed by atoms with Gasteiger partial charge in [0.2, 0.25) is 0 Å². The average molecular weight is 250 g/mol. The predicted molar refractivity (Wildman–Crippen MR) is 71.1 cm³/mol. The molecule has 1 aliphatic rings. The maximum absolute atomic E-state index is 10.3. The Bertz CT molecular complexity index is 410. The molecule has 1 fully saturated rings. The van der Waals surface area contributed by atoms with E-state index < -0.39 is 6.10 Å². The van der Waals surface area contributed by atoms with E-state index in [1.54, 1.807) is 0 Å². The van der Waals surface area contributed by atoms with Crippen LogP contribution in [-0.4, -0.2) is 18.3 Å². The second kappa shape index (κ2) is 5.19. The first-order chi connectivity index (χ1) is 8.60. The van der Waals surface area contributed by atoms with Crippen LogP contribution in [0.1, 0.15) is 45.3 Å². The van der Waals surface area contributed by atoms with E-state index in [-0.39, 0.29) is 5.41 Å². The van der Waals surface area contributed by atoms with Crippen molar-refractivity contribution in [2.45, 2.75) is 39.7 Å². The molecule has 1 atom stereocenters. The van der Waals surface area contributed by atoms with E-state index in [4.69, 9.17) is 9.47 Å². The van der Waals surface area contributed by atoms with Crippen molar-refractivity contribution < 1.29 is 14.6 Å². The summed E-state index contributed by atoms with van der Waals surface area (Å²) in [7, 11) is 0. The van der Waals surface area contributed by atoms with Crippen LogP contribution in [-0.2, 0) is 0 Å². The first kappa shape index (κ1) is 13.2. The van der Waals surface area contributed by atoms with Gasteiger partial charge in [-0.3, -0.25) is 0 Å². The van der Waals surface area contributed by atoms with Gasteiger partial charge in [0, 0.05) is 0 Å². The van der Waals surface area contributed by atoms with E-state index in [2.05, 4.69) is 6.92 Å². The highest BCUT2D eigenvalue weighted by Gasteiger charge is 2.44. The predicted octanol–water partition coefficient (Wildman–Crippen LogP) is 3.32. The molecule has 3 heteroatoms. The highest BCUT2D eigenvalue weighted by Crippen LogP contribution is 2.54. The van der Waals surface area contributed by atoms with Crippen molar-refractivity contribution in [3.05, 3.63) is 23.8 Å². The van der Waals surface area contributed by atoms with Crippen molar-refractivity contribution in [3.8, 4) is 11.5 Å². The first-order valence-electron chi connectivity index (χ1n) is 6.68. The van der Waals surface area contributed by atoms with Crippen molar-refractivity contribution in [3.63, 3.8) is 0 Å². The smallest absolute Gasteiger partial charge is 0.161 e. The number of hydrogen-bond donors (Lipinski definition) is 1. The zero-order chi connectivity index (χ0) is 13.2. The van der Waals surface area contributed by atoms with Gasteiger partial charge in [-0.15, -0.1) is 0 Å². The van der Waals surface area contributed by atoms with E-state index in [1.165, 1.54) is 0 Å². The van der Waals surface area contributed by atoms with Gasteiger partial charge in [-0.2, -0.15) is 0 Å². The molecule has 0 amide bonds. The molecule has 0 radical (unpaired) electrons. The standard InChI is InChI=1S/C15H22O3/c1-4-17-12-7-6-11(10-13(12)18-5-2)14(16)15(3)8-9-15/h6-7,10,14,16H,4-5,8-9H2,1-3H3. The van der Waals surface area contributed by atoms with Crippen molar-refractivity contribution in [2.24, 2.45) is 5.41 Å². The highest BCUT2D eigenvalue weighted by atomic mass is 16.5. The van der Waals surface area contributed by atoms with Gasteiger partial charge < -0.3 is 14.6 Å². The SMILES string of the molecule is CCOc1ccc(C(O)C2(C)CC2)cc1OCC. The molecule has 1 aromatic rings. The molecule has 0 saturated heterocycles. The molecule has 18 heavy (non-hydrogen) atoms. The van der Waals surface area contributed by atoms with Gasteiger partial charge in [0.05, 0.1) is 19.3 Å². The fourth-order valence-electron chi connectivity index (χ4n) is 2.11. The molecule has 1 saturated carbocycles. The van der Waals surface area contributed by atoms with Crippen LogP contribution < -0.4 is 9.47 Å². The summed E-state index contributed by atoms with van der Waals surface area (Å²) in [4.78, 5) is 0. The summed E-state index contributed by atoms with van der Waals surface area (Å²) >= 11 is 0. The van der Waals surface area contributed by atoms with Gasteiger partial charge in [-0.05, 0) is 49.8 Å². The lowest BCUT2D eigenvalue weighted by atomic mass is 9.94. The second-order valence-corrected chi connectivity index (χ2v) is 5.13. The van der Waals surface area contributed by atoms with E-state index in [0.29, 0.717) is 13.2 Å². The summed E-state index contributed by atoms with van der Waals surface area (Å²) in [6, 6.07) is 5.73. The summed E-state index contributed by atoms with van der Waals surface area (Å²) in [5.74, 6) is 1.47. The van der Waals surface area contributed by atoms with E-state index >= 15 is 0 Å². The number of hydrogen-bond acceptors (Lipinski definition) is 3. The number of benzene rings is 1. The summed E-state index contributed by atoms with van der Waals surface area (Å²) in [6.45, 7) is 7.22. The van der Waals surface area contributed by atoms with Gasteiger partial charge in [0.25, 0.3) is 0 Å². The Labute approximate surface area is 109 Å². The average Bonchev–Trinajstić information content (AvgIpc) is 3.10. The minimum absolute atomic E-state index is 0.0522. The zero-order valence-corrected chi connectivity index (χ0v) is 11.4. The Balaban J connectivity index is 2.24. The highest BCUT2D eigenvalue weighted by molar-refractivity contribution is 5.44. The third-order valence-electron chi connectivity index (χ3n) is 3.58. The van der Waals surface area contributed by atoms with Crippen LogP contribution in [0.4, 0.5) is 0 Å². The van der Waals surface area contributed by atoms with E-state index in [0.717, 1.165) is 29.9 Å². The Morgan fingerprint density at radius 2 is 1.78 bits per heavy atom. The minimum Gasteiger partial charge on any atom is -0.490 e. The van der Waals surface area contributed by atoms with Gasteiger partial charge >= 0.3 is 0 Å². The van der Waals surface area contributed by atoms with Gasteiger partial charge in [-0.25, -0.2) is 0 Å². The summed E-state index contributed by atoms with van der Waals surface area (Å²) < 4.78 is 11.1. The van der Waals surface area contributed by atoms with Gasteiger partial charge in [0.15, 0.2) is 11.5 Å². The Hall–Kier alpha value is -1.22. The molecule has 1 N–H and O–H groups in total. The summed E-state index contributed by atoms with van der Waals surface area (Å²) in [5.41, 5.74) is 0.971. The number of aliphatic hydroxyl groups is 1. The molecule has 0 heterocycles. The summed E-state index contributed by atoms with van der Waals surface area (Å²) in [6.07, 6.45) is 1.77. The molecular formula is C15H22O3. The quantitative estimate of drug-likeness (QED) is 0.841. The second-order valence-electron chi connectivity index (χ2n) is 5.13. The molecule has 0 aromatic heterocycles. The van der Waals surface area contributed by atoms with Gasteiger partial charge in [-0.1, -0.05) is 13.0 Å². The van der Waals surface area contributed by atoms with Crippen molar-refractivity contribution in [1.82, 2.24) is 0 Å². The zero-order valence-electron chi connectivity index (χ0n) is 11.4. The van der Waals surface area contributed by atoms with E-state index in [9.17, 15) is 5.11 Å². The molecule has 1 aliphatic carbocycles. The molecule has 2 rings (SSSR count). The van der Waals surface area contributed by atoms with Crippen molar-refractivity contribution in [2.75, 3.05) is 13.2 Å². The molecule has 1 aromatic carbocycles. The van der Waals surface area contributed by atoms with Gasteiger partial charge in [0.1, 0.15) is 0 Å². The van der Waals surface area contributed by atoms with Crippen LogP contribution in [0.25, 0.3) is 0 Å². The Kier molecular flexibility index (Phi) is 3.81. The monoisotopic (exact) mass is 250 g/mol. The molecule has 0 bridgehead atoms. The van der Waals surface area contributed by atoms with Crippen LogP contribution in [0.15, 0.2) is 18.2 Å². The summed E-state index contributed by atoms with van der Waals surface area (Å²) in [5, 5.41) is 10.3. The lowest BCUT2D eigenvalue weighted by molar-refractivity contribution is 0.103. The van der Waals surface area contributed by atoms with Crippen LogP contribution >= 0.6 is 0 Å². The van der Waals surface area contributed by atoms with Crippen LogP contribution in [0, 0.1) is 5.41 Å². The topological polar surface area (TPSA) is 38.7 Å². The van der Waals surface area contributed by atoms with Crippen molar-refractivity contribution >= 4 is 0 Å². The molecule has 0 aliphatic heterocycles. The number of ether oxygens (including phenoxy) is 2. The third-order valence-corrected chi connectivity index (χ3v) is 3.58. The Morgan fingerprint density at radius 1 is 1.17 bits per heavy atom. The Morgan fingerprint density at radius 3 is 2.33 bits per heavy atom. The van der Waals surface area contributed by atoms with E-state index in [1.807, 2.05) is 32.0 Å². The molecular weight excluding hydrogens is 228 g/mol. The van der Waals surface area contributed by atoms with Crippen LogP contribution in [0.2, 0.25) is 0 Å². The number of aliphatic hydroxyl groups excluding tert-OH is 1. The lowest BCUT2D eigenvalue weighted by Crippen LogP contribution is -2.10. The van der Waals surface area contributed by atoms with Crippen LogP contribution in [0.5, 0.6) is 11.5 Å². The fourth-order valence-corrected chi connectivity index (χ4v) is 2.11. The molecule has 3 nitrogen and oxygen atoms in total. The maximum Gasteiger partial charge on any atom is 0.161 e. The lowest BCUT2D eigenvalue weighted by Gasteiger charge is -2.20. The molecule has 0 spiro atoms. The largest absolute Gasteiger partial charge is 0.490 e. The minimum atomic E-state index is -0.410. The molecule has 1 unspecified atom stereocenters. The number of rotatable bonds is 6. The third kappa shape index (κ3) is 2.61. The maximum atomic E-state index is 10.3. The molecule has 100 valence electrons. The first-order valence-corrected chi connectivity index (χ1v) is 6.68. The van der Waals surface area contributed by atoms with Crippen LogP contribution in [0.3, 0.4) is 0 Å². The fraction of sp³-hybridized carbons (Fsp3) is 0.600.